The van der Waals surface area contributed by atoms with E-state index in [0.717, 1.165) is 10.5 Å². The van der Waals surface area contributed by atoms with Crippen molar-refractivity contribution >= 4 is 41.2 Å². The molecule has 0 fully saturated rings. The number of halogens is 1. The van der Waals surface area contributed by atoms with Crippen LogP contribution in [-0.4, -0.2) is 49.2 Å². The number of aliphatic carboxylic acids is 1. The second-order valence-electron chi connectivity index (χ2n) is 6.82. The fraction of sp³-hybridized carbons (Fsp3) is 0.238. The Labute approximate surface area is 198 Å². The highest BCUT2D eigenvalue weighted by molar-refractivity contribution is 7.98. The molecular weight excluding hydrogens is 470 g/mol. The summed E-state index contributed by atoms with van der Waals surface area (Å²) in [6.07, 6.45) is -1.50. The minimum atomic E-state index is -1.30. The minimum absolute atomic E-state index is 0.0142. The van der Waals surface area contributed by atoms with Crippen molar-refractivity contribution < 1.29 is 24.2 Å². The van der Waals surface area contributed by atoms with Crippen molar-refractivity contribution in [2.75, 3.05) is 0 Å². The minimum Gasteiger partial charge on any atom is -0.481 e. The van der Waals surface area contributed by atoms with Crippen LogP contribution in [0.3, 0.4) is 0 Å². The van der Waals surface area contributed by atoms with Gasteiger partial charge < -0.3 is 15.2 Å². The molecule has 0 saturated carbocycles. The van der Waals surface area contributed by atoms with E-state index in [-0.39, 0.29) is 13.2 Å². The fourth-order valence-electron chi connectivity index (χ4n) is 2.71. The number of ether oxygens (including phenoxy) is 1. The average molecular weight is 490 g/mol. The van der Waals surface area contributed by atoms with E-state index < -0.39 is 30.3 Å². The lowest BCUT2D eigenvalue weighted by atomic mass is 10.1. The summed E-state index contributed by atoms with van der Waals surface area (Å²) in [6.45, 7) is -0.319. The third kappa shape index (κ3) is 7.88. The summed E-state index contributed by atoms with van der Waals surface area (Å²) in [5, 5.41) is 23.4. The second kappa shape index (κ2) is 12.0. The van der Waals surface area contributed by atoms with Crippen molar-refractivity contribution in [2.45, 2.75) is 36.3 Å². The molecule has 0 radical (unpaired) electrons. The number of aromatic nitrogens is 4. The summed E-state index contributed by atoms with van der Waals surface area (Å²) >= 11 is 7.33. The van der Waals surface area contributed by atoms with Crippen LogP contribution in [0, 0.1) is 0 Å². The van der Waals surface area contributed by atoms with E-state index in [9.17, 15) is 14.4 Å². The lowest BCUT2D eigenvalue weighted by molar-refractivity contribution is -0.139. The summed E-state index contributed by atoms with van der Waals surface area (Å²) in [7, 11) is 0. The quantitative estimate of drug-likeness (QED) is 0.389. The van der Waals surface area contributed by atoms with Gasteiger partial charge in [0.15, 0.2) is 11.6 Å². The molecule has 1 amide bonds. The Morgan fingerprint density at radius 2 is 1.85 bits per heavy atom. The number of amides is 1. The maximum atomic E-state index is 12.7. The lowest BCUT2D eigenvalue weighted by Crippen LogP contribution is -2.44. The predicted octanol–water partition coefficient (Wildman–Crippen LogP) is 2.96. The summed E-state index contributed by atoms with van der Waals surface area (Å²) < 4.78 is 6.37. The van der Waals surface area contributed by atoms with Crippen molar-refractivity contribution in [3.63, 3.8) is 0 Å². The first-order chi connectivity index (χ1) is 15.9. The zero-order valence-electron chi connectivity index (χ0n) is 17.3. The maximum absolute atomic E-state index is 12.7. The number of thioether (sulfide) groups is 1. The van der Waals surface area contributed by atoms with Gasteiger partial charge >= 0.3 is 12.1 Å². The van der Waals surface area contributed by atoms with Crippen LogP contribution >= 0.6 is 23.4 Å². The first-order valence-electron chi connectivity index (χ1n) is 9.76. The topological polar surface area (TPSA) is 136 Å². The third-order valence-corrected chi connectivity index (χ3v) is 5.63. The Morgan fingerprint density at radius 1 is 1.12 bits per heavy atom. The van der Waals surface area contributed by atoms with Crippen LogP contribution in [0.25, 0.3) is 0 Å². The number of benzene rings is 2. The highest BCUT2D eigenvalue weighted by atomic mass is 35.5. The van der Waals surface area contributed by atoms with Gasteiger partial charge in [0.05, 0.1) is 12.2 Å². The Bertz CT molecular complexity index is 1090. The molecule has 3 rings (SSSR count). The number of carboxylic acid groups (broad SMARTS) is 1. The number of alkyl carbamates (subject to hydrolysis) is 1. The molecular formula is C21H20ClN5O5S. The van der Waals surface area contributed by atoms with E-state index in [2.05, 4.69) is 20.8 Å². The summed E-state index contributed by atoms with van der Waals surface area (Å²) in [5.74, 6) is -1.02. The Balaban J connectivity index is 1.58. The van der Waals surface area contributed by atoms with Gasteiger partial charge in [0.25, 0.3) is 0 Å². The zero-order valence-corrected chi connectivity index (χ0v) is 18.8. The number of hydrogen-bond donors (Lipinski definition) is 2. The number of carbonyl (C=O) groups excluding carboxylic acids is 2. The van der Waals surface area contributed by atoms with E-state index in [1.807, 2.05) is 18.2 Å². The fourth-order valence-corrected chi connectivity index (χ4v) is 3.67. The van der Waals surface area contributed by atoms with Gasteiger partial charge in [0, 0.05) is 9.92 Å². The Hall–Kier alpha value is -3.44. The van der Waals surface area contributed by atoms with Gasteiger partial charge in [0.2, 0.25) is 0 Å². The molecule has 0 spiro atoms. The van der Waals surface area contributed by atoms with Gasteiger partial charge in [-0.05, 0) is 40.3 Å². The normalized spacial score (nSPS) is 11.5. The van der Waals surface area contributed by atoms with Gasteiger partial charge in [0.1, 0.15) is 19.2 Å². The molecule has 33 heavy (non-hydrogen) atoms. The number of carbonyl (C=O) groups is 3. The number of rotatable bonds is 11. The van der Waals surface area contributed by atoms with Gasteiger partial charge in [-0.3, -0.25) is 9.59 Å². The van der Waals surface area contributed by atoms with Crippen LogP contribution in [0.4, 0.5) is 4.79 Å². The van der Waals surface area contributed by atoms with Gasteiger partial charge in [-0.25, -0.2) is 9.48 Å². The highest BCUT2D eigenvalue weighted by Gasteiger charge is 2.26. The predicted molar refractivity (Wildman–Crippen MR) is 120 cm³/mol. The molecule has 0 saturated heterocycles. The number of tetrazole rings is 1. The van der Waals surface area contributed by atoms with E-state index in [4.69, 9.17) is 21.4 Å². The summed E-state index contributed by atoms with van der Waals surface area (Å²) in [5.41, 5.74) is 0.755. The summed E-state index contributed by atoms with van der Waals surface area (Å²) in [4.78, 5) is 37.0. The van der Waals surface area contributed by atoms with E-state index in [1.165, 1.54) is 16.4 Å². The monoisotopic (exact) mass is 489 g/mol. The van der Waals surface area contributed by atoms with Gasteiger partial charge in [-0.15, -0.1) is 16.9 Å². The van der Waals surface area contributed by atoms with E-state index >= 15 is 0 Å². The van der Waals surface area contributed by atoms with Crippen molar-refractivity contribution in [1.29, 1.82) is 0 Å². The molecule has 0 aliphatic rings. The Morgan fingerprint density at radius 3 is 2.55 bits per heavy atom. The number of nitrogens with one attached hydrogen (secondary N) is 1. The molecule has 2 aromatic carbocycles. The number of carboxylic acids is 1. The molecule has 1 aromatic heterocycles. The van der Waals surface area contributed by atoms with Crippen molar-refractivity contribution in [3.8, 4) is 0 Å². The summed E-state index contributed by atoms with van der Waals surface area (Å²) in [6, 6.07) is 14.9. The molecule has 3 aromatic rings. The lowest BCUT2D eigenvalue weighted by Gasteiger charge is -2.16. The number of Topliss-reactive ketones (excluding diaryl/α,β-unsaturated/α-hetero) is 1. The standard InChI is InChI=1S/C21H20ClN5O5S/c22-15-6-8-16(9-7-15)33-13-19-24-25-26-27(19)11-18(28)17(10-20(29)30)23-21(31)32-12-14-4-2-1-3-5-14/h1-9,17H,10-13H2,(H,23,31)(H,29,30). The largest absolute Gasteiger partial charge is 0.481 e. The molecule has 1 atom stereocenters. The average Bonchev–Trinajstić information content (AvgIpc) is 3.24. The van der Waals surface area contributed by atoms with Crippen LogP contribution < -0.4 is 5.32 Å². The molecule has 0 aliphatic carbocycles. The second-order valence-corrected chi connectivity index (χ2v) is 8.30. The molecule has 12 heteroatoms. The van der Waals surface area contributed by atoms with Crippen LogP contribution in [-0.2, 0) is 33.2 Å². The van der Waals surface area contributed by atoms with Crippen LogP contribution in [0.1, 0.15) is 17.8 Å². The maximum Gasteiger partial charge on any atom is 0.408 e. The SMILES string of the molecule is O=C(O)CC(NC(=O)OCc1ccccc1)C(=O)Cn1nnnc1CSc1ccc(Cl)cc1. The zero-order chi connectivity index (χ0) is 23.6. The van der Waals surface area contributed by atoms with Crippen LogP contribution in [0.5, 0.6) is 0 Å². The molecule has 10 nitrogen and oxygen atoms in total. The van der Waals surface area contributed by atoms with Gasteiger partial charge in [-0.1, -0.05) is 41.9 Å². The first-order valence-corrected chi connectivity index (χ1v) is 11.1. The molecule has 2 N–H and O–H groups in total. The van der Waals surface area contributed by atoms with Crippen LogP contribution in [0.15, 0.2) is 59.5 Å². The van der Waals surface area contributed by atoms with Crippen molar-refractivity contribution in [3.05, 3.63) is 71.0 Å². The highest BCUT2D eigenvalue weighted by Crippen LogP contribution is 2.23. The number of hydrogen-bond acceptors (Lipinski definition) is 8. The smallest absolute Gasteiger partial charge is 0.408 e. The molecule has 1 unspecified atom stereocenters. The van der Waals surface area contributed by atoms with E-state index in [0.29, 0.717) is 16.6 Å². The molecule has 0 aliphatic heterocycles. The number of ketones is 1. The Kier molecular flexibility index (Phi) is 8.79. The molecule has 1 heterocycles. The van der Waals surface area contributed by atoms with Gasteiger partial charge in [-0.2, -0.15) is 0 Å². The van der Waals surface area contributed by atoms with Crippen molar-refractivity contribution in [2.24, 2.45) is 0 Å². The van der Waals surface area contributed by atoms with Crippen molar-refractivity contribution in [1.82, 2.24) is 25.5 Å². The van der Waals surface area contributed by atoms with E-state index in [1.54, 1.807) is 36.4 Å². The molecule has 172 valence electrons. The van der Waals surface area contributed by atoms with Crippen LogP contribution in [0.2, 0.25) is 5.02 Å². The molecule has 0 bridgehead atoms. The third-order valence-electron chi connectivity index (χ3n) is 4.37. The number of nitrogens with zero attached hydrogens (tertiary/aromatic N) is 4. The first kappa shape index (κ1) is 24.2.